The fraction of sp³-hybridized carbons (Fsp3) is 0.333. The summed E-state index contributed by atoms with van der Waals surface area (Å²) in [5.74, 6) is -0.750. The minimum absolute atomic E-state index is 0.0195. The molecule has 12 heteroatoms. The van der Waals surface area contributed by atoms with Crippen LogP contribution in [0.1, 0.15) is 6.92 Å². The molecule has 2 rings (SSSR count). The molecule has 2 aromatic rings. The zero-order valence-corrected chi connectivity index (χ0v) is 13.9. The second kappa shape index (κ2) is 6.78. The van der Waals surface area contributed by atoms with Crippen LogP contribution in [0.4, 0.5) is 20.7 Å². The van der Waals surface area contributed by atoms with Crippen molar-refractivity contribution >= 4 is 27.6 Å². The van der Waals surface area contributed by atoms with Crippen LogP contribution in [0.25, 0.3) is 11.4 Å². The normalized spacial score (nSPS) is 11.2. The number of sulfonamides is 1. The van der Waals surface area contributed by atoms with Gasteiger partial charge in [0.05, 0.1) is 24.7 Å². The van der Waals surface area contributed by atoms with Crippen molar-refractivity contribution in [1.82, 2.24) is 20.0 Å². The Kier molecular flexibility index (Phi) is 4.97. The van der Waals surface area contributed by atoms with Crippen molar-refractivity contribution in [2.75, 3.05) is 22.9 Å². The van der Waals surface area contributed by atoms with E-state index in [9.17, 15) is 17.6 Å². The minimum Gasteiger partial charge on any atom is -0.450 e. The minimum atomic E-state index is -3.56. The van der Waals surface area contributed by atoms with Gasteiger partial charge in [0.1, 0.15) is 5.69 Å². The second-order valence-corrected chi connectivity index (χ2v) is 6.43. The van der Waals surface area contributed by atoms with Gasteiger partial charge < -0.3 is 4.74 Å². The summed E-state index contributed by atoms with van der Waals surface area (Å²) in [6, 6.07) is 0.951. The molecular formula is C12H15FN6O4S. The zero-order chi connectivity index (χ0) is 17.9. The van der Waals surface area contributed by atoms with E-state index in [4.69, 9.17) is 4.74 Å². The van der Waals surface area contributed by atoms with Gasteiger partial charge in [0.15, 0.2) is 17.3 Å². The van der Waals surface area contributed by atoms with Crippen LogP contribution < -0.4 is 10.0 Å². The molecule has 0 aliphatic rings. The Morgan fingerprint density at radius 2 is 2.12 bits per heavy atom. The summed E-state index contributed by atoms with van der Waals surface area (Å²) in [4.78, 5) is 15.4. The molecule has 0 spiro atoms. The average Bonchev–Trinajstić information content (AvgIpc) is 2.79. The number of aryl methyl sites for hydroxylation is 1. The molecule has 10 nitrogen and oxygen atoms in total. The number of ether oxygens (including phenoxy) is 1. The van der Waals surface area contributed by atoms with E-state index < -0.39 is 21.9 Å². The predicted molar refractivity (Wildman–Crippen MR) is 83.3 cm³/mol. The molecule has 130 valence electrons. The molecule has 0 aliphatic heterocycles. The van der Waals surface area contributed by atoms with Gasteiger partial charge in [-0.25, -0.2) is 27.3 Å². The number of aromatic nitrogens is 4. The summed E-state index contributed by atoms with van der Waals surface area (Å²) in [7, 11) is -2.06. The molecule has 0 atom stereocenters. The number of rotatable bonds is 5. The summed E-state index contributed by atoms with van der Waals surface area (Å²) in [6.07, 6.45) is 1.31. The van der Waals surface area contributed by atoms with Crippen LogP contribution in [0.3, 0.4) is 0 Å². The lowest BCUT2D eigenvalue weighted by molar-refractivity contribution is 0.167. The lowest BCUT2D eigenvalue weighted by Crippen LogP contribution is -2.16. The van der Waals surface area contributed by atoms with Crippen LogP contribution in [0, 0.1) is 5.82 Å². The average molecular weight is 358 g/mol. The number of halogens is 1. The van der Waals surface area contributed by atoms with Crippen molar-refractivity contribution < 1.29 is 22.3 Å². The first-order valence-electron chi connectivity index (χ1n) is 6.68. The third kappa shape index (κ3) is 4.16. The highest BCUT2D eigenvalue weighted by atomic mass is 32.2. The number of pyridine rings is 1. The van der Waals surface area contributed by atoms with E-state index in [0.717, 1.165) is 18.5 Å². The fourth-order valence-electron chi connectivity index (χ4n) is 1.80. The Morgan fingerprint density at radius 1 is 1.42 bits per heavy atom. The Balaban J connectivity index is 2.37. The van der Waals surface area contributed by atoms with Crippen LogP contribution in [-0.4, -0.2) is 47.4 Å². The van der Waals surface area contributed by atoms with Gasteiger partial charge in [-0.2, -0.15) is 0 Å². The van der Waals surface area contributed by atoms with E-state index in [1.165, 1.54) is 11.7 Å². The first kappa shape index (κ1) is 17.6. The number of amides is 1. The summed E-state index contributed by atoms with van der Waals surface area (Å²) in [5.41, 5.74) is -0.259. The predicted octanol–water partition coefficient (Wildman–Crippen LogP) is 0.956. The van der Waals surface area contributed by atoms with E-state index in [-0.39, 0.29) is 29.5 Å². The third-order valence-corrected chi connectivity index (χ3v) is 3.30. The summed E-state index contributed by atoms with van der Waals surface area (Å²) in [6.45, 7) is 1.79. The third-order valence-electron chi connectivity index (χ3n) is 2.69. The first-order chi connectivity index (χ1) is 11.2. The van der Waals surface area contributed by atoms with Crippen molar-refractivity contribution in [3.05, 3.63) is 18.1 Å². The highest BCUT2D eigenvalue weighted by molar-refractivity contribution is 7.92. The van der Waals surface area contributed by atoms with Gasteiger partial charge in [-0.15, -0.1) is 5.10 Å². The summed E-state index contributed by atoms with van der Waals surface area (Å²) in [5, 5.41) is 9.87. The number of carbonyl (C=O) groups excluding carboxylic acids is 1. The Bertz CT molecular complexity index is 866. The van der Waals surface area contributed by atoms with Gasteiger partial charge in [-0.05, 0) is 6.92 Å². The standard InChI is InChI=1S/C12H15FN6O4S/c1-4-23-12(20)15-11-10(16-18-19(11)2)9-8(13)5-7(6-14-9)17-24(3,21)22/h5-6,17H,4H2,1-3H3,(H,15,20). The van der Waals surface area contributed by atoms with Gasteiger partial charge in [0, 0.05) is 13.1 Å². The highest BCUT2D eigenvalue weighted by Gasteiger charge is 2.20. The molecule has 0 saturated heterocycles. The molecular weight excluding hydrogens is 343 g/mol. The van der Waals surface area contributed by atoms with Crippen molar-refractivity contribution in [2.24, 2.45) is 7.05 Å². The molecule has 2 aromatic heterocycles. The first-order valence-corrected chi connectivity index (χ1v) is 8.57. The molecule has 0 aromatic carbocycles. The topological polar surface area (TPSA) is 128 Å². The number of nitrogens with one attached hydrogen (secondary N) is 2. The van der Waals surface area contributed by atoms with E-state index in [0.29, 0.717) is 0 Å². The summed E-state index contributed by atoms with van der Waals surface area (Å²) >= 11 is 0. The quantitative estimate of drug-likeness (QED) is 0.814. The maximum Gasteiger partial charge on any atom is 0.412 e. The molecule has 2 heterocycles. The number of anilines is 2. The van der Waals surface area contributed by atoms with E-state index >= 15 is 0 Å². The van der Waals surface area contributed by atoms with Crippen molar-refractivity contribution in [3.63, 3.8) is 0 Å². The molecule has 0 fully saturated rings. The van der Waals surface area contributed by atoms with E-state index in [1.54, 1.807) is 6.92 Å². The number of carbonyl (C=O) groups is 1. The molecule has 0 aliphatic carbocycles. The molecule has 0 unspecified atom stereocenters. The Labute approximate surface area is 137 Å². The molecule has 24 heavy (non-hydrogen) atoms. The number of hydrogen-bond donors (Lipinski definition) is 2. The molecule has 0 bridgehead atoms. The highest BCUT2D eigenvalue weighted by Crippen LogP contribution is 2.27. The van der Waals surface area contributed by atoms with Crippen molar-refractivity contribution in [1.29, 1.82) is 0 Å². The van der Waals surface area contributed by atoms with Gasteiger partial charge >= 0.3 is 6.09 Å². The van der Waals surface area contributed by atoms with Crippen LogP contribution in [0.2, 0.25) is 0 Å². The number of nitrogens with zero attached hydrogens (tertiary/aromatic N) is 4. The lowest BCUT2D eigenvalue weighted by atomic mass is 10.2. The second-order valence-electron chi connectivity index (χ2n) is 4.68. The Hall–Kier alpha value is -2.76. The SMILES string of the molecule is CCOC(=O)Nc1c(-c2ncc(NS(C)(=O)=O)cc2F)nnn1C. The molecule has 0 saturated carbocycles. The van der Waals surface area contributed by atoms with Crippen molar-refractivity contribution in [2.45, 2.75) is 6.92 Å². The Morgan fingerprint density at radius 3 is 2.71 bits per heavy atom. The monoisotopic (exact) mass is 358 g/mol. The van der Waals surface area contributed by atoms with Crippen LogP contribution in [-0.2, 0) is 21.8 Å². The smallest absolute Gasteiger partial charge is 0.412 e. The summed E-state index contributed by atoms with van der Waals surface area (Å²) < 4.78 is 44.7. The maximum absolute atomic E-state index is 14.3. The van der Waals surface area contributed by atoms with Gasteiger partial charge in [-0.1, -0.05) is 5.21 Å². The maximum atomic E-state index is 14.3. The van der Waals surface area contributed by atoms with Crippen LogP contribution >= 0.6 is 0 Å². The largest absolute Gasteiger partial charge is 0.450 e. The fourth-order valence-corrected chi connectivity index (χ4v) is 2.34. The van der Waals surface area contributed by atoms with Crippen molar-refractivity contribution in [3.8, 4) is 11.4 Å². The van der Waals surface area contributed by atoms with Crippen LogP contribution in [0.5, 0.6) is 0 Å². The van der Waals surface area contributed by atoms with Gasteiger partial charge in [0.2, 0.25) is 10.0 Å². The zero-order valence-electron chi connectivity index (χ0n) is 13.1. The molecule has 2 N–H and O–H groups in total. The molecule has 1 amide bonds. The lowest BCUT2D eigenvalue weighted by Gasteiger charge is -2.08. The molecule has 0 radical (unpaired) electrons. The van der Waals surface area contributed by atoms with E-state index in [1.807, 2.05) is 0 Å². The van der Waals surface area contributed by atoms with Crippen LogP contribution in [0.15, 0.2) is 12.3 Å². The van der Waals surface area contributed by atoms with Gasteiger partial charge in [0.25, 0.3) is 0 Å². The van der Waals surface area contributed by atoms with Gasteiger partial charge in [-0.3, -0.25) is 10.0 Å². The number of hydrogen-bond acceptors (Lipinski definition) is 7. The van der Waals surface area contributed by atoms with E-state index in [2.05, 4.69) is 25.3 Å².